The molecule has 0 unspecified atom stereocenters. The number of rotatable bonds is 4. The first-order chi connectivity index (χ1) is 8.69. The normalized spacial score (nSPS) is 10.2. The summed E-state index contributed by atoms with van der Waals surface area (Å²) in [7, 11) is 1.61. The minimum Gasteiger partial charge on any atom is -0.497 e. The lowest BCUT2D eigenvalue weighted by molar-refractivity contribution is 0.289. The quantitative estimate of drug-likeness (QED) is 0.843. The van der Waals surface area contributed by atoms with Gasteiger partial charge in [0.05, 0.1) is 7.11 Å². The van der Waals surface area contributed by atoms with Gasteiger partial charge in [0, 0.05) is 4.47 Å². The number of hydrogen-bond donors (Lipinski definition) is 0. The molecule has 0 aromatic heterocycles. The zero-order valence-corrected chi connectivity index (χ0v) is 11.4. The van der Waals surface area contributed by atoms with Gasteiger partial charge >= 0.3 is 0 Å². The highest BCUT2D eigenvalue weighted by Gasteiger charge is 2.04. The Bertz CT molecular complexity index is 543. The van der Waals surface area contributed by atoms with Crippen LogP contribution in [0.1, 0.15) is 5.56 Å². The van der Waals surface area contributed by atoms with Crippen LogP contribution in [0.2, 0.25) is 0 Å². The molecule has 0 N–H and O–H groups in total. The molecule has 2 aromatic rings. The van der Waals surface area contributed by atoms with Crippen molar-refractivity contribution >= 4 is 15.9 Å². The van der Waals surface area contributed by atoms with Crippen LogP contribution in [-0.4, -0.2) is 7.11 Å². The lowest BCUT2D eigenvalue weighted by atomic mass is 10.2. The zero-order chi connectivity index (χ0) is 13.0. The molecule has 0 heterocycles. The summed E-state index contributed by atoms with van der Waals surface area (Å²) in [6.07, 6.45) is 0. The van der Waals surface area contributed by atoms with Crippen LogP contribution in [0.3, 0.4) is 0 Å². The van der Waals surface area contributed by atoms with Crippen molar-refractivity contribution in [3.05, 3.63) is 58.3 Å². The molecule has 0 aliphatic rings. The van der Waals surface area contributed by atoms with Crippen molar-refractivity contribution in [1.29, 1.82) is 0 Å². The molecule has 0 aliphatic carbocycles. The van der Waals surface area contributed by atoms with Gasteiger partial charge in [-0.15, -0.1) is 0 Å². The molecule has 94 valence electrons. The average molecular weight is 311 g/mol. The van der Waals surface area contributed by atoms with Crippen molar-refractivity contribution in [1.82, 2.24) is 0 Å². The number of halogens is 2. The second-order valence-electron chi connectivity index (χ2n) is 3.71. The first-order valence-corrected chi connectivity index (χ1v) is 6.19. The molecule has 4 heteroatoms. The predicted octanol–water partition coefficient (Wildman–Crippen LogP) is 4.18. The van der Waals surface area contributed by atoms with Crippen LogP contribution in [0.15, 0.2) is 46.9 Å². The third-order valence-electron chi connectivity index (χ3n) is 2.42. The van der Waals surface area contributed by atoms with E-state index in [1.807, 2.05) is 24.3 Å². The van der Waals surface area contributed by atoms with E-state index in [-0.39, 0.29) is 11.6 Å². The zero-order valence-electron chi connectivity index (χ0n) is 9.82. The molecule has 2 aromatic carbocycles. The van der Waals surface area contributed by atoms with Gasteiger partial charge in [-0.25, -0.2) is 4.39 Å². The number of ether oxygens (including phenoxy) is 2. The van der Waals surface area contributed by atoms with Crippen molar-refractivity contribution in [3.8, 4) is 11.5 Å². The Kier molecular flexibility index (Phi) is 4.20. The van der Waals surface area contributed by atoms with Crippen molar-refractivity contribution in [2.45, 2.75) is 6.61 Å². The van der Waals surface area contributed by atoms with Gasteiger partial charge in [0.2, 0.25) is 0 Å². The molecule has 0 amide bonds. The van der Waals surface area contributed by atoms with Crippen LogP contribution in [0.4, 0.5) is 4.39 Å². The molecule has 2 rings (SSSR count). The minimum atomic E-state index is -0.382. The van der Waals surface area contributed by atoms with Crippen molar-refractivity contribution in [3.63, 3.8) is 0 Å². The molecule has 0 atom stereocenters. The van der Waals surface area contributed by atoms with E-state index in [4.69, 9.17) is 9.47 Å². The minimum absolute atomic E-state index is 0.237. The van der Waals surface area contributed by atoms with Crippen LogP contribution in [0.25, 0.3) is 0 Å². The van der Waals surface area contributed by atoms with Crippen LogP contribution in [0.5, 0.6) is 11.5 Å². The summed E-state index contributed by atoms with van der Waals surface area (Å²) in [5.74, 6) is 0.612. The van der Waals surface area contributed by atoms with Crippen molar-refractivity contribution in [2.75, 3.05) is 7.11 Å². The predicted molar refractivity (Wildman–Crippen MR) is 71.4 cm³/mol. The number of hydrogen-bond acceptors (Lipinski definition) is 2. The Morgan fingerprint density at radius 2 is 2.00 bits per heavy atom. The van der Waals surface area contributed by atoms with E-state index >= 15 is 0 Å². The number of methoxy groups -OCH3 is 1. The highest BCUT2D eigenvalue weighted by Crippen LogP contribution is 2.23. The van der Waals surface area contributed by atoms with Gasteiger partial charge in [0.25, 0.3) is 0 Å². The van der Waals surface area contributed by atoms with Crippen molar-refractivity contribution in [2.24, 2.45) is 0 Å². The monoisotopic (exact) mass is 310 g/mol. The van der Waals surface area contributed by atoms with Gasteiger partial charge in [0.15, 0.2) is 11.6 Å². The Balaban J connectivity index is 2.06. The van der Waals surface area contributed by atoms with Crippen molar-refractivity contribution < 1.29 is 13.9 Å². The van der Waals surface area contributed by atoms with Crippen LogP contribution < -0.4 is 9.47 Å². The Labute approximate surface area is 113 Å². The smallest absolute Gasteiger partial charge is 0.166 e. The van der Waals surface area contributed by atoms with E-state index < -0.39 is 0 Å². The Morgan fingerprint density at radius 3 is 2.72 bits per heavy atom. The fraction of sp³-hybridized carbons (Fsp3) is 0.143. The van der Waals surface area contributed by atoms with Gasteiger partial charge in [-0.2, -0.15) is 0 Å². The number of benzene rings is 2. The highest BCUT2D eigenvalue weighted by atomic mass is 79.9. The summed E-state index contributed by atoms with van der Waals surface area (Å²) in [5, 5.41) is 0. The molecular weight excluding hydrogens is 299 g/mol. The largest absolute Gasteiger partial charge is 0.497 e. The summed E-state index contributed by atoms with van der Waals surface area (Å²) >= 11 is 3.20. The van der Waals surface area contributed by atoms with E-state index in [9.17, 15) is 4.39 Å². The summed E-state index contributed by atoms with van der Waals surface area (Å²) in [4.78, 5) is 0. The van der Waals surface area contributed by atoms with Crippen LogP contribution in [0, 0.1) is 5.82 Å². The highest BCUT2D eigenvalue weighted by molar-refractivity contribution is 9.10. The first-order valence-electron chi connectivity index (χ1n) is 5.40. The Hall–Kier alpha value is -1.55. The van der Waals surface area contributed by atoms with Gasteiger partial charge in [-0.3, -0.25) is 0 Å². The second-order valence-corrected chi connectivity index (χ2v) is 4.63. The molecule has 0 fully saturated rings. The summed E-state index contributed by atoms with van der Waals surface area (Å²) in [6.45, 7) is 0.301. The fourth-order valence-electron chi connectivity index (χ4n) is 1.52. The molecule has 2 nitrogen and oxygen atoms in total. The summed E-state index contributed by atoms with van der Waals surface area (Å²) in [5.41, 5.74) is 0.927. The molecular formula is C14H12BrFO2. The lowest BCUT2D eigenvalue weighted by Gasteiger charge is -2.08. The standard InChI is InChI=1S/C14H12BrFO2/c1-17-12-4-2-3-10(7-12)9-18-14-6-5-11(15)8-13(14)16/h2-8H,9H2,1H3. The SMILES string of the molecule is COc1cccc(COc2ccc(Br)cc2F)c1. The van der Waals surface area contributed by atoms with Crippen LogP contribution in [-0.2, 0) is 6.61 Å². The molecule has 0 bridgehead atoms. The van der Waals surface area contributed by atoms with E-state index in [0.717, 1.165) is 11.3 Å². The maximum Gasteiger partial charge on any atom is 0.166 e. The summed E-state index contributed by atoms with van der Waals surface area (Å²) < 4.78 is 24.7. The van der Waals surface area contributed by atoms with E-state index in [1.54, 1.807) is 19.2 Å². The maximum absolute atomic E-state index is 13.5. The molecule has 0 spiro atoms. The third kappa shape index (κ3) is 3.23. The third-order valence-corrected chi connectivity index (χ3v) is 2.92. The second kappa shape index (κ2) is 5.87. The summed E-state index contributed by atoms with van der Waals surface area (Å²) in [6, 6.07) is 12.2. The van der Waals surface area contributed by atoms with Gasteiger partial charge in [0.1, 0.15) is 12.4 Å². The first kappa shape index (κ1) is 12.9. The average Bonchev–Trinajstić information content (AvgIpc) is 2.38. The Morgan fingerprint density at radius 1 is 1.17 bits per heavy atom. The molecule has 0 radical (unpaired) electrons. The van der Waals surface area contributed by atoms with E-state index in [1.165, 1.54) is 6.07 Å². The maximum atomic E-state index is 13.5. The van der Waals surface area contributed by atoms with E-state index in [0.29, 0.717) is 11.1 Å². The molecule has 18 heavy (non-hydrogen) atoms. The molecule has 0 aliphatic heterocycles. The van der Waals surface area contributed by atoms with Gasteiger partial charge < -0.3 is 9.47 Å². The van der Waals surface area contributed by atoms with E-state index in [2.05, 4.69) is 15.9 Å². The van der Waals surface area contributed by atoms with Gasteiger partial charge in [-0.1, -0.05) is 28.1 Å². The molecule has 0 saturated heterocycles. The van der Waals surface area contributed by atoms with Gasteiger partial charge in [-0.05, 0) is 35.9 Å². The molecule has 0 saturated carbocycles. The lowest BCUT2D eigenvalue weighted by Crippen LogP contribution is -1.97. The fourth-order valence-corrected chi connectivity index (χ4v) is 1.85. The topological polar surface area (TPSA) is 18.5 Å². The van der Waals surface area contributed by atoms with Crippen LogP contribution >= 0.6 is 15.9 Å².